The number of nitrogens with two attached hydrogens (primary N) is 1. The van der Waals surface area contributed by atoms with E-state index in [1.165, 1.54) is 60.8 Å². The van der Waals surface area contributed by atoms with Crippen molar-refractivity contribution in [3.63, 3.8) is 0 Å². The van der Waals surface area contributed by atoms with Gasteiger partial charge in [-0.05, 0) is 56.1 Å². The second-order valence-corrected chi connectivity index (χ2v) is 6.19. The predicted octanol–water partition coefficient (Wildman–Crippen LogP) is 3.50. The van der Waals surface area contributed by atoms with Gasteiger partial charge in [0.1, 0.15) is 0 Å². The molecule has 1 aromatic carbocycles. The maximum Gasteiger partial charge on any atom is 0.0483 e. The highest BCUT2D eigenvalue weighted by Gasteiger charge is 2.14. The molecule has 0 amide bonds. The summed E-state index contributed by atoms with van der Waals surface area (Å²) in [6.07, 6.45) is 7.83. The van der Waals surface area contributed by atoms with E-state index in [0.717, 1.165) is 13.1 Å². The Bertz CT molecular complexity index is 592. The molecule has 2 heterocycles. The number of benzene rings is 1. The molecule has 0 radical (unpaired) electrons. The molecule has 1 saturated heterocycles. The number of likely N-dealkylation sites (tertiary alicyclic amines) is 1. The smallest absolute Gasteiger partial charge is 0.0483 e. The molecule has 0 saturated carbocycles. The third-order valence-corrected chi connectivity index (χ3v) is 4.70. The largest absolute Gasteiger partial charge is 0.347 e. The summed E-state index contributed by atoms with van der Waals surface area (Å²) in [7, 11) is 0. The summed E-state index contributed by atoms with van der Waals surface area (Å²) in [4.78, 5) is 2.62. The van der Waals surface area contributed by atoms with Crippen LogP contribution >= 0.6 is 0 Å². The number of hydrogen-bond donors (Lipinski definition) is 1. The number of aromatic nitrogens is 1. The Morgan fingerprint density at radius 2 is 1.86 bits per heavy atom. The van der Waals surface area contributed by atoms with Gasteiger partial charge in [-0.1, -0.05) is 18.9 Å². The SMILES string of the molecule is CCn1cc(CN2CCCCCC2)c2cc(CN)ccc21. The lowest BCUT2D eigenvalue weighted by Gasteiger charge is -2.19. The highest BCUT2D eigenvalue weighted by molar-refractivity contribution is 5.84. The molecule has 114 valence electrons. The zero-order chi connectivity index (χ0) is 14.7. The van der Waals surface area contributed by atoms with Crippen molar-refractivity contribution in [2.75, 3.05) is 13.1 Å². The van der Waals surface area contributed by atoms with Gasteiger partial charge in [-0.3, -0.25) is 4.90 Å². The van der Waals surface area contributed by atoms with Crippen LogP contribution in [-0.2, 0) is 19.6 Å². The number of aryl methyl sites for hydroxylation is 1. The van der Waals surface area contributed by atoms with Crippen molar-refractivity contribution in [1.29, 1.82) is 0 Å². The van der Waals surface area contributed by atoms with Crippen LogP contribution in [-0.4, -0.2) is 22.6 Å². The fourth-order valence-corrected chi connectivity index (χ4v) is 3.47. The minimum absolute atomic E-state index is 0.621. The van der Waals surface area contributed by atoms with Crippen molar-refractivity contribution in [3.8, 4) is 0 Å². The minimum atomic E-state index is 0.621. The molecular weight excluding hydrogens is 258 g/mol. The maximum atomic E-state index is 5.82. The molecular formula is C18H27N3. The van der Waals surface area contributed by atoms with Gasteiger partial charge >= 0.3 is 0 Å². The molecule has 1 aliphatic heterocycles. The Balaban J connectivity index is 1.92. The van der Waals surface area contributed by atoms with Gasteiger partial charge in [-0.25, -0.2) is 0 Å². The van der Waals surface area contributed by atoms with E-state index in [2.05, 4.69) is 40.8 Å². The average molecular weight is 285 g/mol. The molecule has 2 aromatic rings. The first-order chi connectivity index (χ1) is 10.3. The third-order valence-electron chi connectivity index (χ3n) is 4.70. The van der Waals surface area contributed by atoms with Gasteiger partial charge in [0.25, 0.3) is 0 Å². The molecule has 0 bridgehead atoms. The summed E-state index contributed by atoms with van der Waals surface area (Å²) in [6, 6.07) is 6.67. The van der Waals surface area contributed by atoms with Crippen molar-refractivity contribution in [2.24, 2.45) is 5.73 Å². The van der Waals surface area contributed by atoms with Crippen LogP contribution < -0.4 is 5.73 Å². The Kier molecular flexibility index (Phi) is 4.61. The van der Waals surface area contributed by atoms with Crippen LogP contribution in [0.5, 0.6) is 0 Å². The second-order valence-electron chi connectivity index (χ2n) is 6.19. The fourth-order valence-electron chi connectivity index (χ4n) is 3.47. The monoisotopic (exact) mass is 285 g/mol. The Hall–Kier alpha value is -1.32. The molecule has 1 aromatic heterocycles. The van der Waals surface area contributed by atoms with E-state index < -0.39 is 0 Å². The van der Waals surface area contributed by atoms with E-state index in [1.54, 1.807) is 0 Å². The first-order valence-electron chi connectivity index (χ1n) is 8.35. The standard InChI is InChI=1S/C18H27N3/c1-2-21-14-16(13-20-9-5-3-4-6-10-20)17-11-15(12-19)7-8-18(17)21/h7-8,11,14H,2-6,9-10,12-13,19H2,1H3. The van der Waals surface area contributed by atoms with Crippen LogP contribution in [0.2, 0.25) is 0 Å². The van der Waals surface area contributed by atoms with Crippen molar-refractivity contribution >= 4 is 10.9 Å². The van der Waals surface area contributed by atoms with Crippen molar-refractivity contribution in [2.45, 2.75) is 52.2 Å². The Labute approximate surface area is 127 Å². The van der Waals surface area contributed by atoms with Crippen molar-refractivity contribution in [3.05, 3.63) is 35.5 Å². The van der Waals surface area contributed by atoms with Crippen molar-refractivity contribution in [1.82, 2.24) is 9.47 Å². The topological polar surface area (TPSA) is 34.2 Å². The molecule has 1 fully saturated rings. The first-order valence-corrected chi connectivity index (χ1v) is 8.35. The number of nitrogens with zero attached hydrogens (tertiary/aromatic N) is 2. The molecule has 2 N–H and O–H groups in total. The molecule has 3 heteroatoms. The van der Waals surface area contributed by atoms with E-state index in [-0.39, 0.29) is 0 Å². The summed E-state index contributed by atoms with van der Waals surface area (Å²) < 4.78 is 2.36. The molecule has 3 nitrogen and oxygen atoms in total. The number of hydrogen-bond acceptors (Lipinski definition) is 2. The second kappa shape index (κ2) is 6.63. The van der Waals surface area contributed by atoms with E-state index in [4.69, 9.17) is 5.73 Å². The van der Waals surface area contributed by atoms with Gasteiger partial charge in [0, 0.05) is 36.7 Å². The third kappa shape index (κ3) is 3.14. The van der Waals surface area contributed by atoms with E-state index in [0.29, 0.717) is 6.54 Å². The highest BCUT2D eigenvalue weighted by atomic mass is 15.1. The fraction of sp³-hybridized carbons (Fsp3) is 0.556. The van der Waals surface area contributed by atoms with Crippen LogP contribution in [0.15, 0.2) is 24.4 Å². The van der Waals surface area contributed by atoms with Gasteiger partial charge in [0.15, 0.2) is 0 Å². The predicted molar refractivity (Wildman–Crippen MR) is 89.2 cm³/mol. The molecule has 0 unspecified atom stereocenters. The summed E-state index contributed by atoms with van der Waals surface area (Å²) in [6.45, 7) is 7.43. The lowest BCUT2D eigenvalue weighted by molar-refractivity contribution is 0.278. The summed E-state index contributed by atoms with van der Waals surface area (Å²) >= 11 is 0. The zero-order valence-electron chi connectivity index (χ0n) is 13.1. The zero-order valence-corrected chi connectivity index (χ0v) is 13.1. The lowest BCUT2D eigenvalue weighted by Crippen LogP contribution is -2.23. The number of rotatable bonds is 4. The number of fused-ring (bicyclic) bond motifs is 1. The minimum Gasteiger partial charge on any atom is -0.347 e. The van der Waals surface area contributed by atoms with Gasteiger partial charge in [0.2, 0.25) is 0 Å². The maximum absolute atomic E-state index is 5.82. The molecule has 3 rings (SSSR count). The Morgan fingerprint density at radius 3 is 2.52 bits per heavy atom. The summed E-state index contributed by atoms with van der Waals surface area (Å²) in [5, 5.41) is 1.39. The van der Waals surface area contributed by atoms with Crippen molar-refractivity contribution < 1.29 is 0 Å². The molecule has 1 aliphatic rings. The molecule has 0 aliphatic carbocycles. The quantitative estimate of drug-likeness (QED) is 0.933. The van der Waals surface area contributed by atoms with Gasteiger partial charge < -0.3 is 10.3 Å². The molecule has 0 atom stereocenters. The van der Waals surface area contributed by atoms with Crippen LogP contribution in [0.4, 0.5) is 0 Å². The van der Waals surface area contributed by atoms with Crippen LogP contribution in [0.3, 0.4) is 0 Å². The van der Waals surface area contributed by atoms with Crippen LogP contribution in [0.1, 0.15) is 43.7 Å². The molecule has 0 spiro atoms. The average Bonchev–Trinajstić information content (AvgIpc) is 2.68. The van der Waals surface area contributed by atoms with Gasteiger partial charge in [-0.15, -0.1) is 0 Å². The first kappa shape index (κ1) is 14.6. The van der Waals surface area contributed by atoms with Gasteiger partial charge in [0.05, 0.1) is 0 Å². The Morgan fingerprint density at radius 1 is 1.10 bits per heavy atom. The lowest BCUT2D eigenvalue weighted by atomic mass is 10.1. The van der Waals surface area contributed by atoms with Crippen LogP contribution in [0.25, 0.3) is 10.9 Å². The summed E-state index contributed by atoms with van der Waals surface area (Å²) in [5.41, 5.74) is 9.86. The normalized spacial score (nSPS) is 17.2. The highest BCUT2D eigenvalue weighted by Crippen LogP contribution is 2.25. The molecule has 21 heavy (non-hydrogen) atoms. The van der Waals surface area contributed by atoms with Crippen LogP contribution in [0, 0.1) is 0 Å². The van der Waals surface area contributed by atoms with E-state index >= 15 is 0 Å². The van der Waals surface area contributed by atoms with Gasteiger partial charge in [-0.2, -0.15) is 0 Å². The van der Waals surface area contributed by atoms with E-state index in [9.17, 15) is 0 Å². The van der Waals surface area contributed by atoms with E-state index in [1.807, 2.05) is 0 Å². The summed E-state index contributed by atoms with van der Waals surface area (Å²) in [5.74, 6) is 0.